The van der Waals surface area contributed by atoms with Gasteiger partial charge in [0, 0.05) is 0 Å². The Bertz CT molecular complexity index is 211. The summed E-state index contributed by atoms with van der Waals surface area (Å²) in [5.41, 5.74) is 9.97. The smallest absolute Gasteiger partial charge is 0.270 e. The molecule has 0 spiro atoms. The maximum Gasteiger partial charge on any atom is 0.270 e. The predicted octanol–water partition coefficient (Wildman–Crippen LogP) is -0.0808. The van der Waals surface area contributed by atoms with Gasteiger partial charge in [-0.1, -0.05) is 0 Å². The van der Waals surface area contributed by atoms with Gasteiger partial charge in [0.25, 0.3) is 11.9 Å². The number of nitrogens with two attached hydrogens (primary N) is 2. The minimum atomic E-state index is -1.34. The van der Waals surface area contributed by atoms with Crippen molar-refractivity contribution >= 4 is 11.6 Å². The van der Waals surface area contributed by atoms with Gasteiger partial charge < -0.3 is 11.5 Å². The molecule has 4 N–H and O–H groups in total. The van der Waals surface area contributed by atoms with Crippen LogP contribution in [0.3, 0.4) is 0 Å². The summed E-state index contributed by atoms with van der Waals surface area (Å²) in [5.74, 6) is -3.30. The van der Waals surface area contributed by atoms with Crippen LogP contribution in [-0.2, 0) is 0 Å². The molecule has 0 aliphatic heterocycles. The number of hydrogen-bond acceptors (Lipinski definition) is 4. The zero-order chi connectivity index (χ0) is 7.72. The molecule has 1 aromatic heterocycles. The Balaban J connectivity index is 3.28. The number of hydrogen-bond donors (Lipinski definition) is 2. The van der Waals surface area contributed by atoms with Crippen molar-refractivity contribution in [2.45, 2.75) is 0 Å². The lowest BCUT2D eigenvalue weighted by Gasteiger charge is -1.96. The van der Waals surface area contributed by atoms with E-state index in [4.69, 9.17) is 11.5 Å². The summed E-state index contributed by atoms with van der Waals surface area (Å²) in [6, 6.07) is 0. The molecule has 1 rings (SSSR count). The van der Waals surface area contributed by atoms with Gasteiger partial charge in [-0.25, -0.2) is 0 Å². The summed E-state index contributed by atoms with van der Waals surface area (Å²) < 4.78 is 24.2. The molecule has 10 heavy (non-hydrogen) atoms. The molecule has 0 saturated carbocycles. The number of anilines is 2. The molecule has 0 aromatic carbocycles. The highest BCUT2D eigenvalue weighted by Gasteiger charge is 2.07. The molecule has 6 heteroatoms. The SMILES string of the molecule is Nc1nc(F)c(F)nc1N. The van der Waals surface area contributed by atoms with E-state index in [0.29, 0.717) is 0 Å². The molecule has 0 fully saturated rings. The van der Waals surface area contributed by atoms with E-state index in [1.165, 1.54) is 0 Å². The van der Waals surface area contributed by atoms with E-state index in [1.807, 2.05) is 0 Å². The van der Waals surface area contributed by atoms with Crippen LogP contribution in [0.5, 0.6) is 0 Å². The molecule has 0 aliphatic rings. The highest BCUT2D eigenvalue weighted by molar-refractivity contribution is 5.50. The summed E-state index contributed by atoms with van der Waals surface area (Å²) in [6.45, 7) is 0. The van der Waals surface area contributed by atoms with Crippen LogP contribution in [0.4, 0.5) is 20.4 Å². The van der Waals surface area contributed by atoms with Gasteiger partial charge in [0.1, 0.15) is 0 Å². The van der Waals surface area contributed by atoms with Crippen LogP contribution in [0.25, 0.3) is 0 Å². The van der Waals surface area contributed by atoms with E-state index in [1.54, 1.807) is 0 Å². The van der Waals surface area contributed by atoms with Crippen molar-refractivity contribution in [3.8, 4) is 0 Å². The van der Waals surface area contributed by atoms with E-state index in [-0.39, 0.29) is 11.6 Å². The molecular formula is C4H4F2N4. The summed E-state index contributed by atoms with van der Waals surface area (Å²) >= 11 is 0. The van der Waals surface area contributed by atoms with Crippen LogP contribution < -0.4 is 11.5 Å². The summed E-state index contributed by atoms with van der Waals surface area (Å²) in [5, 5.41) is 0. The standard InChI is InChI=1S/C4H4F2N4/c5-1-2(6)10-4(8)3(7)9-1/h(H2,7,9)(H2,8,10). The van der Waals surface area contributed by atoms with Crippen molar-refractivity contribution < 1.29 is 8.78 Å². The second kappa shape index (κ2) is 2.05. The van der Waals surface area contributed by atoms with Gasteiger partial charge in [-0.3, -0.25) is 0 Å². The molecule has 54 valence electrons. The molecule has 0 atom stereocenters. The van der Waals surface area contributed by atoms with Gasteiger partial charge in [0.15, 0.2) is 11.6 Å². The largest absolute Gasteiger partial charge is 0.381 e. The number of nitrogen functional groups attached to an aromatic ring is 2. The first-order valence-corrected chi connectivity index (χ1v) is 2.35. The van der Waals surface area contributed by atoms with Gasteiger partial charge in [0.05, 0.1) is 0 Å². The molecule has 0 bridgehead atoms. The molecule has 1 aromatic rings. The minimum absolute atomic E-state index is 0.307. The fourth-order valence-corrected chi connectivity index (χ4v) is 0.418. The average Bonchev–Trinajstić information content (AvgIpc) is 1.84. The third-order valence-electron chi connectivity index (χ3n) is 0.870. The third kappa shape index (κ3) is 0.949. The van der Waals surface area contributed by atoms with Gasteiger partial charge >= 0.3 is 0 Å². The fourth-order valence-electron chi connectivity index (χ4n) is 0.418. The molecular weight excluding hydrogens is 142 g/mol. The van der Waals surface area contributed by atoms with E-state index in [0.717, 1.165) is 0 Å². The minimum Gasteiger partial charge on any atom is -0.381 e. The highest BCUT2D eigenvalue weighted by atomic mass is 19.2. The third-order valence-corrected chi connectivity index (χ3v) is 0.870. The second-order valence-electron chi connectivity index (χ2n) is 1.58. The van der Waals surface area contributed by atoms with Crippen LogP contribution in [0.15, 0.2) is 0 Å². The monoisotopic (exact) mass is 146 g/mol. The van der Waals surface area contributed by atoms with E-state index >= 15 is 0 Å². The van der Waals surface area contributed by atoms with Crippen LogP contribution >= 0.6 is 0 Å². The Morgan fingerprint density at radius 2 is 1.20 bits per heavy atom. The number of nitrogens with zero attached hydrogens (tertiary/aromatic N) is 2. The van der Waals surface area contributed by atoms with Gasteiger partial charge in [-0.15, -0.1) is 0 Å². The van der Waals surface area contributed by atoms with E-state index in [9.17, 15) is 8.78 Å². The predicted molar refractivity (Wildman–Crippen MR) is 30.8 cm³/mol. The topological polar surface area (TPSA) is 77.8 Å². The molecule has 1 heterocycles. The zero-order valence-corrected chi connectivity index (χ0v) is 4.81. The first kappa shape index (κ1) is 6.66. The normalized spacial score (nSPS) is 9.80. The lowest BCUT2D eigenvalue weighted by Crippen LogP contribution is -2.05. The Kier molecular flexibility index (Phi) is 1.37. The number of halogens is 2. The Morgan fingerprint density at radius 3 is 1.50 bits per heavy atom. The number of aromatic nitrogens is 2. The zero-order valence-electron chi connectivity index (χ0n) is 4.81. The highest BCUT2D eigenvalue weighted by Crippen LogP contribution is 2.08. The first-order valence-electron chi connectivity index (χ1n) is 2.35. The molecule has 0 unspecified atom stereocenters. The van der Waals surface area contributed by atoms with Crippen LogP contribution in [0.2, 0.25) is 0 Å². The van der Waals surface area contributed by atoms with Crippen LogP contribution in [0, 0.1) is 11.9 Å². The van der Waals surface area contributed by atoms with Crippen LogP contribution in [-0.4, -0.2) is 9.97 Å². The molecule has 0 aliphatic carbocycles. The van der Waals surface area contributed by atoms with Crippen LogP contribution in [0.1, 0.15) is 0 Å². The lowest BCUT2D eigenvalue weighted by atomic mass is 10.6. The van der Waals surface area contributed by atoms with Crippen molar-refractivity contribution in [3.05, 3.63) is 11.9 Å². The average molecular weight is 146 g/mol. The lowest BCUT2D eigenvalue weighted by molar-refractivity contribution is 0.455. The maximum atomic E-state index is 12.1. The molecule has 0 saturated heterocycles. The molecule has 0 amide bonds. The Labute approximate surface area is 54.9 Å². The van der Waals surface area contributed by atoms with Crippen molar-refractivity contribution in [2.75, 3.05) is 11.5 Å². The summed E-state index contributed by atoms with van der Waals surface area (Å²) in [7, 11) is 0. The number of rotatable bonds is 0. The quantitative estimate of drug-likeness (QED) is 0.536. The molecule has 4 nitrogen and oxygen atoms in total. The maximum absolute atomic E-state index is 12.1. The summed E-state index contributed by atoms with van der Waals surface area (Å²) in [4.78, 5) is 5.84. The van der Waals surface area contributed by atoms with Crippen molar-refractivity contribution in [2.24, 2.45) is 0 Å². The van der Waals surface area contributed by atoms with E-state index in [2.05, 4.69) is 9.97 Å². The molecule has 0 radical (unpaired) electrons. The summed E-state index contributed by atoms with van der Waals surface area (Å²) in [6.07, 6.45) is 0. The van der Waals surface area contributed by atoms with Crippen molar-refractivity contribution in [3.63, 3.8) is 0 Å². The Hall–Kier alpha value is -1.46. The fraction of sp³-hybridized carbons (Fsp3) is 0. The second-order valence-corrected chi connectivity index (χ2v) is 1.58. The van der Waals surface area contributed by atoms with Crippen molar-refractivity contribution in [1.29, 1.82) is 0 Å². The first-order chi connectivity index (χ1) is 4.61. The van der Waals surface area contributed by atoms with Gasteiger partial charge in [-0.05, 0) is 0 Å². The van der Waals surface area contributed by atoms with E-state index < -0.39 is 11.9 Å². The Morgan fingerprint density at radius 1 is 0.900 bits per heavy atom. The van der Waals surface area contributed by atoms with Gasteiger partial charge in [-0.2, -0.15) is 18.7 Å². The van der Waals surface area contributed by atoms with Gasteiger partial charge in [0.2, 0.25) is 0 Å². The van der Waals surface area contributed by atoms with Crippen molar-refractivity contribution in [1.82, 2.24) is 9.97 Å².